The van der Waals surface area contributed by atoms with Crippen molar-refractivity contribution in [1.29, 1.82) is 0 Å². The minimum Gasteiger partial charge on any atom is -0.0686 e. The van der Waals surface area contributed by atoms with Crippen LogP contribution in [-0.2, 0) is 0 Å². The van der Waals surface area contributed by atoms with Crippen molar-refractivity contribution in [3.8, 4) is 0 Å². The zero-order chi connectivity index (χ0) is 12.3. The van der Waals surface area contributed by atoms with Crippen molar-refractivity contribution >= 4 is 0 Å². The lowest BCUT2D eigenvalue weighted by Gasteiger charge is -2.57. The van der Waals surface area contributed by atoms with Gasteiger partial charge in [0.1, 0.15) is 0 Å². The molecule has 0 heteroatoms. The van der Waals surface area contributed by atoms with Crippen molar-refractivity contribution < 1.29 is 0 Å². The molecule has 4 fully saturated rings. The van der Waals surface area contributed by atoms with E-state index in [1.807, 2.05) is 0 Å². The summed E-state index contributed by atoms with van der Waals surface area (Å²) < 4.78 is 0. The van der Waals surface area contributed by atoms with E-state index in [0.717, 1.165) is 17.8 Å². The molecule has 0 aromatic rings. The Bertz CT molecular complexity index is 433. The van der Waals surface area contributed by atoms with E-state index in [2.05, 4.69) is 32.1 Å². The van der Waals surface area contributed by atoms with E-state index in [9.17, 15) is 0 Å². The Morgan fingerprint density at radius 2 is 1.56 bits per heavy atom. The molecule has 0 aliphatic heterocycles. The monoisotopic (exact) mass is 239 g/mol. The van der Waals surface area contributed by atoms with Gasteiger partial charge in [0.25, 0.3) is 0 Å². The maximum absolute atomic E-state index is 3.73. The lowest BCUT2D eigenvalue weighted by atomic mass is 9.48. The summed E-state index contributed by atoms with van der Waals surface area (Å²) in [6.45, 7) is 4.41. The summed E-state index contributed by atoms with van der Waals surface area (Å²) in [5.41, 5.74) is 4.84. The summed E-state index contributed by atoms with van der Waals surface area (Å²) in [5.74, 6) is 3.11. The molecule has 5 rings (SSSR count). The molecule has 95 valence electrons. The van der Waals surface area contributed by atoms with Crippen LogP contribution in [0.15, 0.2) is 28.9 Å². The molecule has 0 aromatic heterocycles. The first-order valence-electron chi connectivity index (χ1n) is 7.65. The topological polar surface area (TPSA) is 0 Å². The van der Waals surface area contributed by atoms with Gasteiger partial charge < -0.3 is 0 Å². The number of hydrogen-bond donors (Lipinski definition) is 0. The molecule has 4 saturated carbocycles. The third-order valence-corrected chi connectivity index (χ3v) is 5.83. The Kier molecular flexibility index (Phi) is 2.23. The molecule has 5 aliphatic carbocycles. The van der Waals surface area contributed by atoms with Crippen LogP contribution < -0.4 is 0 Å². The molecule has 0 aromatic carbocycles. The molecular weight excluding hydrogens is 216 g/mol. The van der Waals surface area contributed by atoms with Crippen molar-refractivity contribution in [3.63, 3.8) is 0 Å². The summed E-state index contributed by atoms with van der Waals surface area (Å²) in [6, 6.07) is 0. The molecule has 18 heavy (non-hydrogen) atoms. The van der Waals surface area contributed by atoms with Crippen LogP contribution in [0.5, 0.6) is 0 Å². The normalized spacial score (nSPS) is 44.7. The zero-order valence-electron chi connectivity index (χ0n) is 11.6. The fourth-order valence-corrected chi connectivity index (χ4v) is 5.44. The van der Waals surface area contributed by atoms with Crippen molar-refractivity contribution in [2.24, 2.45) is 23.2 Å². The first-order valence-corrected chi connectivity index (χ1v) is 7.65. The number of hydrogen-bond acceptors (Lipinski definition) is 0. The highest BCUT2D eigenvalue weighted by Gasteiger charge is 2.52. The Labute approximate surface area is 111 Å². The summed E-state index contributed by atoms with van der Waals surface area (Å²) in [5, 5.41) is 0. The second-order valence-electron chi connectivity index (χ2n) is 7.48. The third-order valence-electron chi connectivity index (χ3n) is 5.83. The minimum absolute atomic E-state index is 0.530. The van der Waals surface area contributed by atoms with E-state index in [1.54, 1.807) is 5.57 Å². The highest BCUT2D eigenvalue weighted by molar-refractivity contribution is 5.47. The Balaban J connectivity index is 1.71. The van der Waals surface area contributed by atoms with Crippen LogP contribution in [-0.4, -0.2) is 0 Å². The summed E-state index contributed by atoms with van der Waals surface area (Å²) in [6.07, 6.45) is 17.4. The second-order valence-corrected chi connectivity index (χ2v) is 7.48. The fourth-order valence-electron chi connectivity index (χ4n) is 5.44. The number of rotatable bonds is 1. The van der Waals surface area contributed by atoms with Crippen LogP contribution in [0, 0.1) is 29.2 Å². The smallest absolute Gasteiger partial charge is 0.00327 e. The van der Waals surface area contributed by atoms with E-state index in [0.29, 0.717) is 5.41 Å². The molecule has 0 atom stereocenters. The maximum atomic E-state index is 3.73. The molecule has 0 N–H and O–H groups in total. The average molecular weight is 239 g/mol. The van der Waals surface area contributed by atoms with Gasteiger partial charge in [-0.05, 0) is 92.8 Å². The SMILES string of the molecule is CC(C)=C1[C]=C(C23CC4CC(CC(C4)C2)C3)C=C1. The van der Waals surface area contributed by atoms with E-state index in [-0.39, 0.29) is 0 Å². The van der Waals surface area contributed by atoms with E-state index in [4.69, 9.17) is 0 Å². The number of allylic oxidation sites excluding steroid dienone is 6. The highest BCUT2D eigenvalue weighted by Crippen LogP contribution is 2.63. The van der Waals surface area contributed by atoms with Crippen LogP contribution in [0.25, 0.3) is 0 Å². The molecule has 0 unspecified atom stereocenters. The van der Waals surface area contributed by atoms with Gasteiger partial charge in [0.05, 0.1) is 0 Å². The van der Waals surface area contributed by atoms with Crippen LogP contribution in [0.2, 0.25) is 0 Å². The maximum Gasteiger partial charge on any atom is -0.00327 e. The summed E-state index contributed by atoms with van der Waals surface area (Å²) in [7, 11) is 0. The predicted octanol–water partition coefficient (Wildman–Crippen LogP) is 4.84. The lowest BCUT2D eigenvalue weighted by Crippen LogP contribution is -2.46. The molecule has 4 bridgehead atoms. The van der Waals surface area contributed by atoms with Gasteiger partial charge >= 0.3 is 0 Å². The largest absolute Gasteiger partial charge is 0.0686 e. The fraction of sp³-hybridized carbons (Fsp3) is 0.667. The van der Waals surface area contributed by atoms with E-state index >= 15 is 0 Å². The molecule has 0 spiro atoms. The van der Waals surface area contributed by atoms with Crippen LogP contribution in [0.1, 0.15) is 52.4 Å². The third kappa shape index (κ3) is 1.51. The molecule has 1 radical (unpaired) electrons. The minimum atomic E-state index is 0.530. The summed E-state index contributed by atoms with van der Waals surface area (Å²) in [4.78, 5) is 0. The Hall–Kier alpha value is -0.780. The van der Waals surface area contributed by atoms with Gasteiger partial charge in [0, 0.05) is 0 Å². The highest BCUT2D eigenvalue weighted by atomic mass is 14.6. The standard InChI is InChI=1S/C18H23/c1-12(2)16-3-4-17(8-16)18-9-13-5-14(10-18)7-15(6-13)11-18/h3-4,13-15H,5-7,9-11H2,1-2H3. The van der Waals surface area contributed by atoms with Crippen LogP contribution in [0.4, 0.5) is 0 Å². The quantitative estimate of drug-likeness (QED) is 0.614. The first-order chi connectivity index (χ1) is 8.64. The van der Waals surface area contributed by atoms with Gasteiger partial charge in [0.15, 0.2) is 0 Å². The molecule has 0 amide bonds. The second kappa shape index (κ2) is 3.62. The Morgan fingerprint density at radius 1 is 1.00 bits per heavy atom. The summed E-state index contributed by atoms with van der Waals surface area (Å²) >= 11 is 0. The van der Waals surface area contributed by atoms with E-state index in [1.165, 1.54) is 49.7 Å². The van der Waals surface area contributed by atoms with Crippen molar-refractivity contribution in [1.82, 2.24) is 0 Å². The molecule has 0 heterocycles. The Morgan fingerprint density at radius 3 is 2.00 bits per heavy atom. The molecule has 0 saturated heterocycles. The van der Waals surface area contributed by atoms with Crippen molar-refractivity contribution in [3.05, 3.63) is 34.9 Å². The zero-order valence-corrected chi connectivity index (χ0v) is 11.6. The lowest BCUT2D eigenvalue weighted by molar-refractivity contribution is -0.0286. The first kappa shape index (κ1) is 11.1. The predicted molar refractivity (Wildman–Crippen MR) is 74.9 cm³/mol. The average Bonchev–Trinajstić information content (AvgIpc) is 2.76. The van der Waals surface area contributed by atoms with Gasteiger partial charge in [-0.3, -0.25) is 0 Å². The van der Waals surface area contributed by atoms with E-state index < -0.39 is 0 Å². The van der Waals surface area contributed by atoms with Crippen LogP contribution >= 0.6 is 0 Å². The van der Waals surface area contributed by atoms with Crippen LogP contribution in [0.3, 0.4) is 0 Å². The van der Waals surface area contributed by atoms with Gasteiger partial charge in [-0.2, -0.15) is 0 Å². The molecule has 5 aliphatic rings. The van der Waals surface area contributed by atoms with Gasteiger partial charge in [-0.1, -0.05) is 17.7 Å². The molecule has 0 nitrogen and oxygen atoms in total. The van der Waals surface area contributed by atoms with Crippen molar-refractivity contribution in [2.45, 2.75) is 52.4 Å². The molecular formula is C18H23. The van der Waals surface area contributed by atoms with Gasteiger partial charge in [-0.25, -0.2) is 0 Å². The van der Waals surface area contributed by atoms with Gasteiger partial charge in [0.2, 0.25) is 0 Å². The van der Waals surface area contributed by atoms with Crippen molar-refractivity contribution in [2.75, 3.05) is 0 Å². The van der Waals surface area contributed by atoms with Gasteiger partial charge in [-0.15, -0.1) is 0 Å².